The number of nitrogens with one attached hydrogen (secondary N) is 1. The molecule has 0 saturated heterocycles. The third-order valence-electron chi connectivity index (χ3n) is 7.14. The molecule has 0 atom stereocenters. The zero-order chi connectivity index (χ0) is 26.7. The topological polar surface area (TPSA) is 28.9 Å². The monoisotopic (exact) mass is 443 g/mol. The van der Waals surface area contributed by atoms with Crippen molar-refractivity contribution in [2.45, 2.75) is 0 Å². The summed E-state index contributed by atoms with van der Waals surface area (Å²) in [5, 5.41) is 2.28. The zero-order valence-corrected chi connectivity index (χ0v) is 19.5. The van der Waals surface area contributed by atoms with Gasteiger partial charge in [-0.3, -0.25) is 0 Å². The van der Waals surface area contributed by atoms with Crippen LogP contribution in [0.3, 0.4) is 0 Å². The van der Waals surface area contributed by atoms with Gasteiger partial charge in [0.15, 0.2) is 0 Å². The summed E-state index contributed by atoms with van der Waals surface area (Å²) in [6.07, 6.45) is 0. The van der Waals surface area contributed by atoms with E-state index in [4.69, 9.17) is 90.7 Å². The third-order valence-corrected chi connectivity index (χ3v) is 7.14. The first-order chi connectivity index (χ1) is 17.5. The summed E-state index contributed by atoms with van der Waals surface area (Å²) in [6.45, 7) is 0. The molecule has 6 rings (SSSR count). The number of fused-ring (bicyclic) bond motifs is 6. The molecule has 6 aromatic rings. The molecule has 13 heteroatoms. The van der Waals surface area contributed by atoms with Crippen LogP contribution in [0.1, 0.15) is 0 Å². The van der Waals surface area contributed by atoms with Gasteiger partial charge in [0.05, 0.1) is 0 Å². The number of hydrogen-bond donors (Lipinski definition) is 1. The van der Waals surface area contributed by atoms with Crippen molar-refractivity contribution >= 4 is 190 Å². The van der Waals surface area contributed by atoms with Crippen molar-refractivity contribution in [2.75, 3.05) is 0 Å². The van der Waals surface area contributed by atoms with Crippen molar-refractivity contribution in [3.63, 3.8) is 0 Å². The smallest absolute Gasteiger partial charge is 0.141 e. The Morgan fingerprint density at radius 2 is 1.00 bits per heavy atom. The van der Waals surface area contributed by atoms with Gasteiger partial charge < -0.3 is 9.40 Å². The van der Waals surface area contributed by atoms with Crippen LogP contribution < -0.4 is 60.1 Å². The number of rotatable bonds is 1. The van der Waals surface area contributed by atoms with Crippen molar-refractivity contribution in [2.24, 2.45) is 0 Å². The van der Waals surface area contributed by atoms with E-state index in [-0.39, 0.29) is 54.7 Å². The molecule has 0 bridgehead atoms. The quantitative estimate of drug-likeness (QED) is 0.253. The van der Waals surface area contributed by atoms with Gasteiger partial charge >= 0.3 is 0 Å². The van der Waals surface area contributed by atoms with Crippen LogP contribution in [0.2, 0.25) is 0 Å². The summed E-state index contributed by atoms with van der Waals surface area (Å²) in [7, 11) is 68.6. The molecule has 0 aliphatic heterocycles. The highest BCUT2D eigenvalue weighted by Crippen LogP contribution is 2.33. The Balaban J connectivity index is 1.75. The molecule has 0 fully saturated rings. The lowest BCUT2D eigenvalue weighted by atomic mass is 9.64. The molecule has 1 N–H and O–H groups in total. The molecule has 0 saturated carbocycles. The summed E-state index contributed by atoms with van der Waals surface area (Å²) in [4.78, 5) is 3.28. The fourth-order valence-electron chi connectivity index (χ4n) is 5.08. The van der Waals surface area contributed by atoms with Gasteiger partial charge in [-0.15, -0.1) is 27.3 Å². The molecular weight excluding hydrogens is 437 g/mol. The van der Waals surface area contributed by atoms with Gasteiger partial charge in [-0.1, -0.05) is 44.9 Å². The van der Waals surface area contributed by atoms with Crippen LogP contribution in [-0.4, -0.2) is 91.3 Å². The second-order valence-corrected chi connectivity index (χ2v) is 9.07. The van der Waals surface area contributed by atoms with Crippen LogP contribution in [0.4, 0.5) is 0 Å². The van der Waals surface area contributed by atoms with Crippen molar-refractivity contribution in [3.05, 3.63) is 18.2 Å². The fourth-order valence-corrected chi connectivity index (χ4v) is 5.08. The Labute approximate surface area is 228 Å². The first-order valence-electron chi connectivity index (χ1n) is 11.1. The lowest BCUT2D eigenvalue weighted by Gasteiger charge is -2.16. The molecule has 0 amide bonds. The summed E-state index contributed by atoms with van der Waals surface area (Å²) in [5.74, 6) is 0. The molecule has 0 aliphatic rings. The number of aromatic nitrogens is 1. The molecule has 0 aliphatic carbocycles. The average molecular weight is 441 g/mol. The number of aromatic amines is 1. The number of hydrogen-bond acceptors (Lipinski definition) is 1. The Morgan fingerprint density at radius 1 is 0.486 bits per heavy atom. The largest absolute Gasteiger partial charge is 0.456 e. The Morgan fingerprint density at radius 3 is 1.65 bits per heavy atom. The van der Waals surface area contributed by atoms with Crippen molar-refractivity contribution in [3.8, 4) is 11.1 Å². The molecule has 4 aromatic carbocycles. The molecule has 144 valence electrons. The lowest BCUT2D eigenvalue weighted by Crippen LogP contribution is -2.47. The van der Waals surface area contributed by atoms with Crippen LogP contribution in [0.5, 0.6) is 0 Å². The summed E-state index contributed by atoms with van der Waals surface area (Å²) < 4.78 is 6.20. The van der Waals surface area contributed by atoms with Crippen molar-refractivity contribution in [1.82, 2.24) is 4.98 Å². The van der Waals surface area contributed by atoms with Gasteiger partial charge in [-0.25, -0.2) is 0 Å². The first kappa shape index (κ1) is 24.5. The Bertz CT molecular complexity index is 2010. The van der Waals surface area contributed by atoms with Gasteiger partial charge in [0.1, 0.15) is 97.5 Å². The highest BCUT2D eigenvalue weighted by atomic mass is 16.3. The summed E-state index contributed by atoms with van der Waals surface area (Å²) in [5.41, 5.74) is 5.13. The molecule has 2 nitrogen and oxygen atoms in total. The van der Waals surface area contributed by atoms with E-state index in [1.807, 2.05) is 18.2 Å². The van der Waals surface area contributed by atoms with E-state index >= 15 is 0 Å². The predicted molar refractivity (Wildman–Crippen MR) is 168 cm³/mol. The molecular formula is C24H4B11NO. The molecule has 22 radical (unpaired) electrons. The molecule has 2 heterocycles. The van der Waals surface area contributed by atoms with E-state index < -0.39 is 0 Å². The molecule has 37 heavy (non-hydrogen) atoms. The van der Waals surface area contributed by atoms with E-state index in [0.717, 1.165) is 5.39 Å². The van der Waals surface area contributed by atoms with E-state index in [1.54, 1.807) is 0 Å². The maximum absolute atomic E-state index is 6.49. The Hall–Kier alpha value is -2.81. The zero-order valence-electron chi connectivity index (χ0n) is 19.5. The standard InChI is InChI=1S/C24H4B11NO/c25-11-7(4-1-2-5-6(3-4)36-22-8(5)12(26)16(30)18(32)20(22)34)23-9(13(27)15(11)29)10-14(28)17(31)19(33)21(35)24(10)37-23/h1-3,36H. The third kappa shape index (κ3) is 3.09. The second-order valence-electron chi connectivity index (χ2n) is 9.07. The maximum Gasteiger partial charge on any atom is 0.141 e. The van der Waals surface area contributed by atoms with Crippen LogP contribution in [-0.2, 0) is 0 Å². The highest BCUT2D eigenvalue weighted by Gasteiger charge is 2.23. The van der Waals surface area contributed by atoms with Gasteiger partial charge in [0.25, 0.3) is 0 Å². The highest BCUT2D eigenvalue weighted by molar-refractivity contribution is 6.70. The summed E-state index contributed by atoms with van der Waals surface area (Å²) >= 11 is 0. The number of H-pyrrole nitrogens is 1. The van der Waals surface area contributed by atoms with Gasteiger partial charge in [0, 0.05) is 32.8 Å². The van der Waals surface area contributed by atoms with Crippen LogP contribution in [0, 0.1) is 0 Å². The van der Waals surface area contributed by atoms with E-state index in [9.17, 15) is 0 Å². The predicted octanol–water partition coefficient (Wildman–Crippen LogP) is -6.38. The molecule has 0 unspecified atom stereocenters. The normalized spacial score (nSPS) is 11.9. The van der Waals surface area contributed by atoms with Crippen molar-refractivity contribution < 1.29 is 4.42 Å². The minimum absolute atomic E-state index is 0.110. The van der Waals surface area contributed by atoms with Crippen LogP contribution >= 0.6 is 0 Å². The van der Waals surface area contributed by atoms with Crippen molar-refractivity contribution in [1.29, 1.82) is 0 Å². The first-order valence-corrected chi connectivity index (χ1v) is 11.1. The van der Waals surface area contributed by atoms with E-state index in [1.165, 1.54) is 0 Å². The van der Waals surface area contributed by atoms with Gasteiger partial charge in [-0.05, 0) is 17.0 Å². The Kier molecular flexibility index (Phi) is 5.37. The molecule has 0 spiro atoms. The second kappa shape index (κ2) is 8.09. The minimum atomic E-state index is 0.110. The fraction of sp³-hybridized carbons (Fsp3) is 0. The SMILES string of the molecule is [B]c1c([B])c([B])c2c([nH]c3cc(-c4c([B])c([B])c([B])c5c4oc4c([B])c([B])c([B])c([B])c45)ccc32)c1[B]. The number of furan rings is 1. The maximum atomic E-state index is 6.49. The minimum Gasteiger partial charge on any atom is -0.456 e. The van der Waals surface area contributed by atoms with E-state index in [2.05, 4.69) is 4.98 Å². The molecule has 2 aromatic heterocycles. The van der Waals surface area contributed by atoms with Gasteiger partial charge in [-0.2, -0.15) is 0 Å². The van der Waals surface area contributed by atoms with Gasteiger partial charge in [0.2, 0.25) is 0 Å². The average Bonchev–Trinajstić information content (AvgIpc) is 3.46. The van der Waals surface area contributed by atoms with Crippen LogP contribution in [0.15, 0.2) is 22.6 Å². The van der Waals surface area contributed by atoms with E-state index in [0.29, 0.717) is 54.8 Å². The summed E-state index contributed by atoms with van der Waals surface area (Å²) in [6, 6.07) is 5.54. The van der Waals surface area contributed by atoms with Crippen LogP contribution in [0.25, 0.3) is 54.9 Å². The number of benzene rings is 4. The lowest BCUT2D eigenvalue weighted by molar-refractivity contribution is 0.673.